The lowest BCUT2D eigenvalue weighted by Crippen LogP contribution is -3.16. The summed E-state index contributed by atoms with van der Waals surface area (Å²) >= 11 is 1.75. The van der Waals surface area contributed by atoms with Gasteiger partial charge in [0.2, 0.25) is 29.5 Å². The number of ether oxygens (including phenoxy) is 1. The summed E-state index contributed by atoms with van der Waals surface area (Å²) in [6.07, 6.45) is 3.10. The molecule has 6 saturated heterocycles. The number of thioether (sulfide) groups is 1. The highest BCUT2D eigenvalue weighted by atomic mass is 32.2. The van der Waals surface area contributed by atoms with Gasteiger partial charge in [-0.2, -0.15) is 11.8 Å². The molecule has 24 heteroatoms. The van der Waals surface area contributed by atoms with E-state index >= 15 is 14.4 Å². The number of aromatic nitrogens is 1. The normalized spacial score (nSPS) is 28.4. The molecule has 2 aromatic carbocycles. The van der Waals surface area contributed by atoms with E-state index in [4.69, 9.17) is 17.7 Å². The van der Waals surface area contributed by atoms with E-state index in [1.54, 1.807) is 53.9 Å². The van der Waals surface area contributed by atoms with Crippen LogP contribution in [0.5, 0.6) is 5.75 Å². The minimum atomic E-state index is -3.92. The van der Waals surface area contributed by atoms with Crippen molar-refractivity contribution >= 4 is 74.8 Å². The number of esters is 1. The molecule has 1 unspecified atom stereocenters. The number of anilines is 1. The molecular weight excluding hydrogens is 1050 g/mol. The quantitative estimate of drug-likeness (QED) is 0.133. The third kappa shape index (κ3) is 14.5. The number of hydrogen-bond acceptors (Lipinski definition) is 16. The van der Waals surface area contributed by atoms with Crippen molar-refractivity contribution in [1.29, 1.82) is 0 Å². The number of aromatic hydroxyl groups is 1. The molecule has 6 amide bonds. The molecule has 22 nitrogen and oxygen atoms in total. The van der Waals surface area contributed by atoms with Gasteiger partial charge in [-0.3, -0.25) is 33.6 Å². The maximum atomic E-state index is 15.7. The molecule has 0 aliphatic carbocycles. The zero-order valence-electron chi connectivity index (χ0n) is 44.8. The van der Waals surface area contributed by atoms with Crippen LogP contribution in [0.4, 0.5) is 5.69 Å². The SMILES string of the molecule is CC[C@@H]1NC(=O)[C@H](NC(=O)c2ncccc2O)[C@@H](C)OC(=O)[C@@H](c2ccccc2)NC(=O)[C@H]2CC(=O)[C@@H](CS[C@H]3C[NH+]4CCC3CC4)CN2C(=O)C(Cc2ccc(N(C)C)cc2)N(C)C(=O)[C@H]2CCCN2C1=O.CS(=O)(=O)[O-]. The smallest absolute Gasteiger partial charge is 0.333 e. The molecule has 9 rings (SSSR count). The highest BCUT2D eigenvalue weighted by molar-refractivity contribution is 8.00. The molecule has 1 aromatic heterocycles. The van der Waals surface area contributed by atoms with E-state index in [0.29, 0.717) is 29.6 Å². The van der Waals surface area contributed by atoms with Gasteiger partial charge in [0.25, 0.3) is 5.91 Å². The average molecular weight is 1120 g/mol. The lowest BCUT2D eigenvalue weighted by Gasteiger charge is -2.43. The van der Waals surface area contributed by atoms with Crippen LogP contribution in [0, 0.1) is 11.8 Å². The Morgan fingerprint density at radius 2 is 1.59 bits per heavy atom. The number of benzene rings is 2. The van der Waals surface area contributed by atoms with Crippen molar-refractivity contribution in [2.24, 2.45) is 11.8 Å². The molecule has 3 aromatic rings. The molecule has 2 bridgehead atoms. The number of nitrogens with zero attached hydrogens (tertiary/aromatic N) is 5. The summed E-state index contributed by atoms with van der Waals surface area (Å²) in [5.74, 6) is -5.76. The summed E-state index contributed by atoms with van der Waals surface area (Å²) in [6, 6.07) is 10.3. The Morgan fingerprint density at radius 3 is 2.21 bits per heavy atom. The minimum Gasteiger partial charge on any atom is -0.748 e. The number of pyridine rings is 1. The minimum absolute atomic E-state index is 0.0316. The van der Waals surface area contributed by atoms with Crippen molar-refractivity contribution in [3.63, 3.8) is 0 Å². The van der Waals surface area contributed by atoms with Crippen molar-refractivity contribution in [3.8, 4) is 5.75 Å². The molecule has 9 atom stereocenters. The van der Waals surface area contributed by atoms with Crippen LogP contribution in [-0.4, -0.2) is 192 Å². The monoisotopic (exact) mass is 1120 g/mol. The first-order valence-corrected chi connectivity index (χ1v) is 29.2. The zero-order chi connectivity index (χ0) is 56.6. The number of ketones is 1. The Morgan fingerprint density at radius 1 is 0.910 bits per heavy atom. The van der Waals surface area contributed by atoms with Crippen LogP contribution in [0.1, 0.15) is 80.0 Å². The molecule has 78 heavy (non-hydrogen) atoms. The summed E-state index contributed by atoms with van der Waals surface area (Å²) in [7, 11) is 1.42. The molecule has 6 aliphatic rings. The number of Topliss-reactive ketones (excluding diaryl/α,β-unsaturated/α-hetero) is 1. The maximum absolute atomic E-state index is 15.7. The van der Waals surface area contributed by atoms with Crippen molar-refractivity contribution in [2.75, 3.05) is 70.8 Å². The van der Waals surface area contributed by atoms with Gasteiger partial charge in [-0.1, -0.05) is 49.4 Å². The van der Waals surface area contributed by atoms with Crippen LogP contribution in [0.2, 0.25) is 0 Å². The van der Waals surface area contributed by atoms with Crippen molar-refractivity contribution < 1.29 is 66.1 Å². The van der Waals surface area contributed by atoms with Gasteiger partial charge in [0, 0.05) is 89.7 Å². The Hall–Kier alpha value is -6.63. The number of fused-ring (bicyclic) bond motifs is 5. The predicted octanol–water partition coefficient (Wildman–Crippen LogP) is 0.0678. The van der Waals surface area contributed by atoms with Gasteiger partial charge in [0.15, 0.2) is 11.7 Å². The highest BCUT2D eigenvalue weighted by Gasteiger charge is 2.48. The fourth-order valence-corrected chi connectivity index (χ4v) is 12.6. The number of nitrogens with one attached hydrogen (secondary N) is 4. The number of cyclic esters (lactones) is 1. The van der Waals surface area contributed by atoms with Crippen molar-refractivity contribution in [1.82, 2.24) is 35.6 Å². The summed E-state index contributed by atoms with van der Waals surface area (Å²) in [6.45, 7) is 6.37. The van der Waals surface area contributed by atoms with E-state index in [1.807, 2.05) is 43.3 Å². The first-order valence-electron chi connectivity index (χ1n) is 26.4. The van der Waals surface area contributed by atoms with E-state index in [-0.39, 0.29) is 50.1 Å². The first kappa shape index (κ1) is 59.0. The summed E-state index contributed by atoms with van der Waals surface area (Å²) < 4.78 is 33.2. The van der Waals surface area contributed by atoms with Crippen LogP contribution < -0.4 is 25.8 Å². The third-order valence-electron chi connectivity index (χ3n) is 15.3. The first-order chi connectivity index (χ1) is 37.0. The van der Waals surface area contributed by atoms with Crippen molar-refractivity contribution in [3.05, 3.63) is 89.7 Å². The van der Waals surface area contributed by atoms with E-state index in [2.05, 4.69) is 20.9 Å². The number of carbonyl (C=O) groups is 8. The molecule has 0 spiro atoms. The number of hydrogen-bond donors (Lipinski definition) is 5. The summed E-state index contributed by atoms with van der Waals surface area (Å²) in [5, 5.41) is 18.9. The Kier molecular flexibility index (Phi) is 19.6. The number of amides is 6. The average Bonchev–Trinajstić information content (AvgIpc) is 3.94. The molecule has 0 radical (unpaired) electrons. The van der Waals surface area contributed by atoms with Crippen LogP contribution in [0.25, 0.3) is 0 Å². The largest absolute Gasteiger partial charge is 0.748 e. The van der Waals surface area contributed by atoms with Gasteiger partial charge in [0.1, 0.15) is 47.8 Å². The fraction of sp³-hybridized carbons (Fsp3) is 0.537. The van der Waals surface area contributed by atoms with E-state index in [1.165, 1.54) is 47.0 Å². The second-order valence-corrected chi connectivity index (χ2v) is 23.6. The standard InChI is InChI=1S/C53H67N9O10S.CH4O3S/c1-6-37-50(68)61-23-11-14-38(61)51(69)59(5)40(26-32-16-18-36(19-17-32)58(3)4)52(70)62-28-35(30-73-43-29-60-24-20-33(43)21-25-60)42(64)27-39(62)47(65)57-45(34-12-8-7-9-13-34)53(71)72-31(2)44(48(66)55-37)56-49(67)46-41(63)15-10-22-54-46;1-5(2,3)4/h7-10,12-13,15-19,22,31,33,35,37-40,43-45,63H,6,11,14,20-21,23-30H2,1-5H3,(H,55,66)(H,56,67)(H,57,65);1H3,(H,2,3,4)/t31-,35-,37+,38-,39-,40?,43+,44-,45-;/m1./s1. The molecule has 422 valence electrons. The fourth-order valence-electron chi connectivity index (χ4n) is 10.9. The van der Waals surface area contributed by atoms with Gasteiger partial charge >= 0.3 is 5.97 Å². The van der Waals surface area contributed by atoms with Gasteiger partial charge in [0.05, 0.1) is 35.0 Å². The number of rotatable bonds is 10. The molecule has 6 aliphatic heterocycles. The molecule has 5 N–H and O–H groups in total. The zero-order valence-corrected chi connectivity index (χ0v) is 46.4. The predicted molar refractivity (Wildman–Crippen MR) is 287 cm³/mol. The second kappa shape index (κ2) is 25.9. The highest BCUT2D eigenvalue weighted by Crippen LogP contribution is 2.33. The topological polar surface area (TPSA) is 290 Å². The van der Waals surface area contributed by atoms with Crippen LogP contribution in [0.15, 0.2) is 72.9 Å². The molecule has 7 heterocycles. The Bertz CT molecular complexity index is 2790. The number of quaternary nitrogens is 1. The van der Waals surface area contributed by atoms with E-state index in [0.717, 1.165) is 43.7 Å². The molecule has 6 fully saturated rings. The molecule has 0 saturated carbocycles. The number of piperidine rings is 4. The Balaban J connectivity index is 0.00000169. The maximum Gasteiger partial charge on any atom is 0.333 e. The van der Waals surface area contributed by atoms with Crippen LogP contribution in [0.3, 0.4) is 0 Å². The van der Waals surface area contributed by atoms with Gasteiger partial charge in [-0.25, -0.2) is 18.2 Å². The third-order valence-corrected chi connectivity index (χ3v) is 16.9. The number of likely N-dealkylation sites (N-methyl/N-ethyl adjacent to an activating group) is 1. The van der Waals surface area contributed by atoms with Gasteiger partial charge in [-0.15, -0.1) is 0 Å². The van der Waals surface area contributed by atoms with Crippen molar-refractivity contribution in [2.45, 2.75) is 106 Å². The Labute approximate surface area is 459 Å². The molecular formula is C54H71N9O13S2. The van der Waals surface area contributed by atoms with E-state index in [9.17, 15) is 29.1 Å². The van der Waals surface area contributed by atoms with Crippen LogP contribution >= 0.6 is 11.8 Å². The lowest BCUT2D eigenvalue weighted by atomic mass is 9.88. The van der Waals surface area contributed by atoms with Crippen LogP contribution in [-0.2, 0) is 54.8 Å². The van der Waals surface area contributed by atoms with E-state index < -0.39 is 111 Å². The van der Waals surface area contributed by atoms with Gasteiger partial charge in [-0.05, 0) is 67.5 Å². The number of carbonyl (C=O) groups excluding carboxylic acids is 8. The summed E-state index contributed by atoms with van der Waals surface area (Å²) in [5.41, 5.74) is 1.49. The summed E-state index contributed by atoms with van der Waals surface area (Å²) in [4.78, 5) is 129. The van der Waals surface area contributed by atoms with Gasteiger partial charge < -0.3 is 54.8 Å². The lowest BCUT2D eigenvalue weighted by molar-refractivity contribution is -0.915. The second-order valence-electron chi connectivity index (χ2n) is 20.9.